The van der Waals surface area contributed by atoms with Crippen LogP contribution in [0, 0.1) is 0 Å². The number of methoxy groups -OCH3 is 1. The third-order valence-electron chi connectivity index (χ3n) is 3.66. The lowest BCUT2D eigenvalue weighted by Crippen LogP contribution is -2.06. The monoisotopic (exact) mass is 322 g/mol. The molecule has 2 aromatic carbocycles. The van der Waals surface area contributed by atoms with Gasteiger partial charge in [0.05, 0.1) is 19.3 Å². The predicted octanol–water partition coefficient (Wildman–Crippen LogP) is 4.37. The Morgan fingerprint density at radius 1 is 1.08 bits per heavy atom. The van der Waals surface area contributed by atoms with Gasteiger partial charge in [0.1, 0.15) is 28.7 Å². The van der Waals surface area contributed by atoms with E-state index in [4.69, 9.17) is 13.9 Å². The molecule has 24 heavy (non-hydrogen) atoms. The molecule has 4 heteroatoms. The summed E-state index contributed by atoms with van der Waals surface area (Å²) in [6.07, 6.45) is 5.08. The molecule has 1 aromatic heterocycles. The molecule has 0 atom stereocenters. The molecule has 0 fully saturated rings. The van der Waals surface area contributed by atoms with Crippen molar-refractivity contribution in [3.63, 3.8) is 0 Å². The highest BCUT2D eigenvalue weighted by molar-refractivity contribution is 5.86. The van der Waals surface area contributed by atoms with Crippen LogP contribution in [0.25, 0.3) is 23.1 Å². The third kappa shape index (κ3) is 3.18. The van der Waals surface area contributed by atoms with Gasteiger partial charge in [-0.3, -0.25) is 4.79 Å². The zero-order valence-corrected chi connectivity index (χ0v) is 13.6. The number of hydrogen-bond acceptors (Lipinski definition) is 4. The summed E-state index contributed by atoms with van der Waals surface area (Å²) in [4.78, 5) is 12.7. The first-order valence-corrected chi connectivity index (χ1v) is 7.72. The van der Waals surface area contributed by atoms with E-state index in [9.17, 15) is 4.79 Å². The van der Waals surface area contributed by atoms with Crippen molar-refractivity contribution in [1.29, 1.82) is 0 Å². The molecule has 0 unspecified atom stereocenters. The van der Waals surface area contributed by atoms with E-state index in [0.29, 0.717) is 28.9 Å². The van der Waals surface area contributed by atoms with Crippen LogP contribution in [0.4, 0.5) is 0 Å². The number of rotatable bonds is 5. The molecule has 0 amide bonds. The molecule has 0 N–H and O–H groups in total. The smallest absolute Gasteiger partial charge is 0.203 e. The third-order valence-corrected chi connectivity index (χ3v) is 3.66. The van der Waals surface area contributed by atoms with Gasteiger partial charge in [-0.1, -0.05) is 24.3 Å². The minimum atomic E-state index is -0.115. The summed E-state index contributed by atoms with van der Waals surface area (Å²) in [5, 5.41) is 0.453. The van der Waals surface area contributed by atoms with Crippen molar-refractivity contribution in [2.45, 2.75) is 6.92 Å². The molecular formula is C20H18O4. The van der Waals surface area contributed by atoms with Gasteiger partial charge in [0.15, 0.2) is 0 Å². The molecule has 0 aliphatic rings. The van der Waals surface area contributed by atoms with Crippen LogP contribution in [-0.4, -0.2) is 13.7 Å². The Bertz CT molecular complexity index is 921. The first kappa shape index (κ1) is 15.9. The van der Waals surface area contributed by atoms with Crippen LogP contribution in [0.15, 0.2) is 57.9 Å². The summed E-state index contributed by atoms with van der Waals surface area (Å²) in [7, 11) is 1.54. The molecule has 0 spiro atoms. The van der Waals surface area contributed by atoms with Gasteiger partial charge in [-0.05, 0) is 42.8 Å². The molecule has 0 bridgehead atoms. The van der Waals surface area contributed by atoms with E-state index in [-0.39, 0.29) is 5.43 Å². The maximum Gasteiger partial charge on any atom is 0.203 e. The molecule has 0 aliphatic heterocycles. The number of benzene rings is 2. The number of ether oxygens (including phenoxy) is 2. The summed E-state index contributed by atoms with van der Waals surface area (Å²) >= 11 is 0. The Hall–Kier alpha value is -3.01. The molecule has 122 valence electrons. The second-order valence-electron chi connectivity index (χ2n) is 5.19. The molecule has 0 aliphatic carbocycles. The molecule has 0 saturated heterocycles. The van der Waals surface area contributed by atoms with Crippen molar-refractivity contribution in [2.75, 3.05) is 13.7 Å². The van der Waals surface area contributed by atoms with Gasteiger partial charge in [0, 0.05) is 0 Å². The Morgan fingerprint density at radius 2 is 1.88 bits per heavy atom. The fourth-order valence-corrected chi connectivity index (χ4v) is 2.47. The van der Waals surface area contributed by atoms with Gasteiger partial charge in [0.2, 0.25) is 5.43 Å². The van der Waals surface area contributed by atoms with E-state index in [1.54, 1.807) is 24.3 Å². The average molecular weight is 322 g/mol. The molecule has 3 aromatic rings. The van der Waals surface area contributed by atoms with Crippen LogP contribution in [0.3, 0.4) is 0 Å². The van der Waals surface area contributed by atoms with E-state index < -0.39 is 0 Å². The fraction of sp³-hybridized carbons (Fsp3) is 0.150. The van der Waals surface area contributed by atoms with Gasteiger partial charge in [-0.25, -0.2) is 0 Å². The topological polar surface area (TPSA) is 48.7 Å². The van der Waals surface area contributed by atoms with E-state index in [1.165, 1.54) is 13.4 Å². The summed E-state index contributed by atoms with van der Waals surface area (Å²) in [5.41, 5.74) is 1.84. The Labute approximate surface area is 139 Å². The Morgan fingerprint density at radius 3 is 2.58 bits per heavy atom. The number of hydrogen-bond donors (Lipinski definition) is 0. The Balaban J connectivity index is 1.95. The summed E-state index contributed by atoms with van der Waals surface area (Å²) in [5.74, 6) is 1.34. The quantitative estimate of drug-likeness (QED) is 0.700. The van der Waals surface area contributed by atoms with Crippen LogP contribution in [0.5, 0.6) is 11.5 Å². The maximum absolute atomic E-state index is 12.7. The highest BCUT2D eigenvalue weighted by atomic mass is 16.5. The normalized spacial score (nSPS) is 11.1. The molecule has 3 rings (SSSR count). The van der Waals surface area contributed by atoms with Crippen LogP contribution >= 0.6 is 0 Å². The van der Waals surface area contributed by atoms with Crippen molar-refractivity contribution in [3.05, 3.63) is 70.1 Å². The van der Waals surface area contributed by atoms with Gasteiger partial charge in [-0.2, -0.15) is 0 Å². The van der Waals surface area contributed by atoms with Crippen LogP contribution in [0.2, 0.25) is 0 Å². The zero-order valence-electron chi connectivity index (χ0n) is 13.6. The largest absolute Gasteiger partial charge is 0.496 e. The van der Waals surface area contributed by atoms with E-state index >= 15 is 0 Å². The molecule has 0 saturated carbocycles. The second-order valence-corrected chi connectivity index (χ2v) is 5.19. The van der Waals surface area contributed by atoms with Crippen molar-refractivity contribution in [2.24, 2.45) is 0 Å². The highest BCUT2D eigenvalue weighted by Gasteiger charge is 2.09. The standard InChI is InChI=1S/C20H18O4/c1-3-23-16-11-8-14(9-12-16)7-10-15-13-24-18-6-4-5-17(22-2)19(18)20(15)21/h4-13H,3H2,1-2H3/b10-7+. The first-order chi connectivity index (χ1) is 11.7. The summed E-state index contributed by atoms with van der Waals surface area (Å²) in [6.45, 7) is 2.58. The first-order valence-electron chi connectivity index (χ1n) is 7.72. The van der Waals surface area contributed by atoms with Crippen LogP contribution in [-0.2, 0) is 0 Å². The molecule has 1 heterocycles. The van der Waals surface area contributed by atoms with Gasteiger partial charge in [0.25, 0.3) is 0 Å². The lowest BCUT2D eigenvalue weighted by molar-refractivity contribution is 0.340. The molecule has 4 nitrogen and oxygen atoms in total. The summed E-state index contributed by atoms with van der Waals surface area (Å²) < 4.78 is 16.2. The SMILES string of the molecule is CCOc1ccc(/C=C/c2coc3cccc(OC)c3c2=O)cc1. The van der Waals surface area contributed by atoms with Crippen LogP contribution < -0.4 is 14.9 Å². The highest BCUT2D eigenvalue weighted by Crippen LogP contribution is 2.23. The summed E-state index contributed by atoms with van der Waals surface area (Å²) in [6, 6.07) is 13.0. The van der Waals surface area contributed by atoms with Gasteiger partial charge >= 0.3 is 0 Å². The number of fused-ring (bicyclic) bond motifs is 1. The van der Waals surface area contributed by atoms with Crippen molar-refractivity contribution < 1.29 is 13.9 Å². The fourth-order valence-electron chi connectivity index (χ4n) is 2.47. The van der Waals surface area contributed by atoms with E-state index in [2.05, 4.69) is 0 Å². The maximum atomic E-state index is 12.7. The van der Waals surface area contributed by atoms with E-state index in [0.717, 1.165) is 11.3 Å². The van der Waals surface area contributed by atoms with E-state index in [1.807, 2.05) is 37.3 Å². The molecular weight excluding hydrogens is 304 g/mol. The van der Waals surface area contributed by atoms with Crippen molar-refractivity contribution in [1.82, 2.24) is 0 Å². The van der Waals surface area contributed by atoms with Gasteiger partial charge < -0.3 is 13.9 Å². The van der Waals surface area contributed by atoms with Crippen molar-refractivity contribution >= 4 is 23.1 Å². The predicted molar refractivity (Wildman–Crippen MR) is 95.6 cm³/mol. The lowest BCUT2D eigenvalue weighted by atomic mass is 10.1. The second kappa shape index (κ2) is 7.04. The minimum absolute atomic E-state index is 0.115. The zero-order chi connectivity index (χ0) is 16.9. The van der Waals surface area contributed by atoms with Gasteiger partial charge in [-0.15, -0.1) is 0 Å². The average Bonchev–Trinajstić information content (AvgIpc) is 2.62. The lowest BCUT2D eigenvalue weighted by Gasteiger charge is -2.04. The van der Waals surface area contributed by atoms with Crippen LogP contribution in [0.1, 0.15) is 18.1 Å². The van der Waals surface area contributed by atoms with Crippen molar-refractivity contribution in [3.8, 4) is 11.5 Å². The Kier molecular flexibility index (Phi) is 4.66. The molecule has 0 radical (unpaired) electrons. The minimum Gasteiger partial charge on any atom is -0.496 e.